The van der Waals surface area contributed by atoms with E-state index in [9.17, 15) is 18.0 Å². The Balaban J connectivity index is 1.71. The Morgan fingerprint density at radius 1 is 0.900 bits per heavy atom. The molecule has 1 aliphatic rings. The van der Waals surface area contributed by atoms with Gasteiger partial charge in [0, 0.05) is 18.7 Å². The van der Waals surface area contributed by atoms with Crippen LogP contribution in [0.3, 0.4) is 0 Å². The molecule has 2 amide bonds. The molecule has 0 aromatic heterocycles. The summed E-state index contributed by atoms with van der Waals surface area (Å²) >= 11 is 0. The Hall–Kier alpha value is -4.05. The fourth-order valence-corrected chi connectivity index (χ4v) is 5.69. The Bertz CT molecular complexity index is 1420. The van der Waals surface area contributed by atoms with Crippen molar-refractivity contribution in [3.05, 3.63) is 84.4 Å². The Morgan fingerprint density at radius 2 is 1.52 bits per heavy atom. The molecule has 1 heterocycles. The molecule has 0 bridgehead atoms. The normalized spacial score (nSPS) is 14.1. The zero-order valence-electron chi connectivity index (χ0n) is 22.9. The predicted octanol–water partition coefficient (Wildman–Crippen LogP) is 3.99. The summed E-state index contributed by atoms with van der Waals surface area (Å²) in [6, 6.07) is 21.1. The van der Waals surface area contributed by atoms with Crippen LogP contribution in [-0.2, 0) is 26.2 Å². The van der Waals surface area contributed by atoms with Gasteiger partial charge in [-0.2, -0.15) is 0 Å². The molecule has 0 saturated heterocycles. The average molecular weight is 566 g/mol. The van der Waals surface area contributed by atoms with Crippen molar-refractivity contribution in [2.75, 3.05) is 24.1 Å². The van der Waals surface area contributed by atoms with Crippen molar-refractivity contribution in [3.8, 4) is 11.5 Å². The zero-order chi connectivity index (χ0) is 28.7. The van der Waals surface area contributed by atoms with Crippen LogP contribution in [0.5, 0.6) is 11.5 Å². The number of rotatable bonds is 11. The monoisotopic (exact) mass is 565 g/mol. The summed E-state index contributed by atoms with van der Waals surface area (Å²) < 4.78 is 40.2. The van der Waals surface area contributed by atoms with Crippen LogP contribution >= 0.6 is 0 Å². The van der Waals surface area contributed by atoms with Crippen molar-refractivity contribution in [1.82, 2.24) is 10.2 Å². The van der Waals surface area contributed by atoms with Crippen LogP contribution in [0.2, 0.25) is 0 Å². The van der Waals surface area contributed by atoms with Crippen LogP contribution in [0.1, 0.15) is 32.8 Å². The number of hydrogen-bond donors (Lipinski definition) is 1. The molecule has 212 valence electrons. The molecular weight excluding hydrogens is 530 g/mol. The summed E-state index contributed by atoms with van der Waals surface area (Å²) in [5.41, 5.74) is 1.06. The zero-order valence-corrected chi connectivity index (χ0v) is 23.8. The second-order valence-electron chi connectivity index (χ2n) is 9.65. The molecule has 0 unspecified atom stereocenters. The third-order valence-corrected chi connectivity index (χ3v) is 8.58. The van der Waals surface area contributed by atoms with Crippen molar-refractivity contribution in [2.45, 2.75) is 50.7 Å². The number of carbonyl (C=O) groups excluding carboxylic acids is 2. The summed E-state index contributed by atoms with van der Waals surface area (Å²) in [5.74, 6) is 0.0619. The largest absolute Gasteiger partial charge is 0.486 e. The number of nitrogens with zero attached hydrogens (tertiary/aromatic N) is 2. The fourth-order valence-electron chi connectivity index (χ4n) is 4.26. The lowest BCUT2D eigenvalue weighted by Gasteiger charge is -2.32. The van der Waals surface area contributed by atoms with Gasteiger partial charge >= 0.3 is 0 Å². The van der Waals surface area contributed by atoms with Gasteiger partial charge in [-0.25, -0.2) is 8.42 Å². The van der Waals surface area contributed by atoms with E-state index in [4.69, 9.17) is 9.47 Å². The van der Waals surface area contributed by atoms with Crippen molar-refractivity contribution < 1.29 is 27.5 Å². The number of nitrogens with one attached hydrogen (secondary N) is 1. The number of hydrogen-bond acceptors (Lipinski definition) is 6. The standard InChI is InChI=1S/C30H35N3O6S/c1-4-22(2)31-30(35)23(3)32(20-24-11-7-5-8-12-24)29(34)21-33(40(36,37)26-13-9-6-10-14-26)25-15-16-27-28(19-25)39-18-17-38-27/h5-16,19,22-23H,4,17-18,20-21H2,1-3H3,(H,31,35)/t22-,23-/m0/s1. The number of carbonyl (C=O) groups is 2. The van der Waals surface area contributed by atoms with E-state index in [-0.39, 0.29) is 29.1 Å². The van der Waals surface area contributed by atoms with Crippen molar-refractivity contribution in [3.63, 3.8) is 0 Å². The Labute approximate surface area is 235 Å². The number of benzene rings is 3. The summed E-state index contributed by atoms with van der Waals surface area (Å²) in [6.45, 7) is 5.83. The fraction of sp³-hybridized carbons (Fsp3) is 0.333. The lowest BCUT2D eigenvalue weighted by atomic mass is 10.1. The lowest BCUT2D eigenvalue weighted by Crippen LogP contribution is -2.52. The van der Waals surface area contributed by atoms with Crippen LogP contribution in [0.4, 0.5) is 5.69 Å². The smallest absolute Gasteiger partial charge is 0.264 e. The van der Waals surface area contributed by atoms with Crippen molar-refractivity contribution in [1.29, 1.82) is 0 Å². The lowest BCUT2D eigenvalue weighted by molar-refractivity contribution is -0.139. The maximum absolute atomic E-state index is 14.0. The van der Waals surface area contributed by atoms with E-state index in [1.807, 2.05) is 44.2 Å². The first-order valence-corrected chi connectivity index (χ1v) is 14.8. The third-order valence-electron chi connectivity index (χ3n) is 6.79. The highest BCUT2D eigenvalue weighted by Crippen LogP contribution is 2.36. The van der Waals surface area contributed by atoms with Gasteiger partial charge in [0.1, 0.15) is 25.8 Å². The second-order valence-corrected chi connectivity index (χ2v) is 11.5. The van der Waals surface area contributed by atoms with Gasteiger partial charge in [0.25, 0.3) is 10.0 Å². The maximum atomic E-state index is 14.0. The Kier molecular flexibility index (Phi) is 9.31. The van der Waals surface area contributed by atoms with Gasteiger partial charge in [-0.1, -0.05) is 55.5 Å². The molecule has 2 atom stereocenters. The van der Waals surface area contributed by atoms with Crippen LogP contribution in [0.25, 0.3) is 0 Å². The second kappa shape index (κ2) is 12.9. The van der Waals surface area contributed by atoms with E-state index in [0.717, 1.165) is 16.3 Å². The van der Waals surface area contributed by atoms with E-state index in [1.54, 1.807) is 43.3 Å². The quantitative estimate of drug-likeness (QED) is 0.377. The molecule has 3 aromatic rings. The minimum atomic E-state index is -4.16. The molecule has 0 aliphatic carbocycles. The number of amides is 2. The van der Waals surface area contributed by atoms with Crippen LogP contribution < -0.4 is 19.1 Å². The number of fused-ring (bicyclic) bond motifs is 1. The molecule has 9 nitrogen and oxygen atoms in total. The first-order chi connectivity index (χ1) is 19.2. The van der Waals surface area contributed by atoms with E-state index >= 15 is 0 Å². The topological polar surface area (TPSA) is 105 Å². The van der Waals surface area contributed by atoms with Gasteiger partial charge in [-0.15, -0.1) is 0 Å². The molecule has 1 N–H and O–H groups in total. The SMILES string of the molecule is CC[C@H](C)NC(=O)[C@H](C)N(Cc1ccccc1)C(=O)CN(c1ccc2c(c1)OCCO2)S(=O)(=O)c1ccccc1. The summed E-state index contributed by atoms with van der Waals surface area (Å²) in [5, 5.41) is 2.93. The molecule has 0 saturated carbocycles. The first-order valence-electron chi connectivity index (χ1n) is 13.3. The molecule has 1 aliphatic heterocycles. The molecular formula is C30H35N3O6S. The van der Waals surface area contributed by atoms with Gasteiger partial charge < -0.3 is 19.7 Å². The maximum Gasteiger partial charge on any atom is 0.264 e. The highest BCUT2D eigenvalue weighted by atomic mass is 32.2. The number of ether oxygens (including phenoxy) is 2. The highest BCUT2D eigenvalue weighted by Gasteiger charge is 2.33. The Morgan fingerprint density at radius 3 is 2.17 bits per heavy atom. The average Bonchev–Trinajstić information content (AvgIpc) is 2.98. The van der Waals surface area contributed by atoms with Crippen molar-refractivity contribution >= 4 is 27.5 Å². The van der Waals surface area contributed by atoms with Crippen LogP contribution in [-0.4, -0.2) is 57.0 Å². The highest BCUT2D eigenvalue weighted by molar-refractivity contribution is 7.92. The first kappa shape index (κ1) is 28.9. The van der Waals surface area contributed by atoms with E-state index in [0.29, 0.717) is 24.7 Å². The molecule has 0 spiro atoms. The minimum Gasteiger partial charge on any atom is -0.486 e. The summed E-state index contributed by atoms with van der Waals surface area (Å²) in [7, 11) is -4.16. The van der Waals surface area contributed by atoms with Crippen molar-refractivity contribution in [2.24, 2.45) is 0 Å². The van der Waals surface area contributed by atoms with Crippen LogP contribution in [0.15, 0.2) is 83.8 Å². The van der Waals surface area contributed by atoms with E-state index in [1.165, 1.54) is 17.0 Å². The van der Waals surface area contributed by atoms with E-state index < -0.39 is 28.5 Å². The van der Waals surface area contributed by atoms with Gasteiger partial charge in [0.15, 0.2) is 11.5 Å². The molecule has 40 heavy (non-hydrogen) atoms. The van der Waals surface area contributed by atoms with Gasteiger partial charge in [0.2, 0.25) is 11.8 Å². The predicted molar refractivity (Wildman–Crippen MR) is 153 cm³/mol. The molecule has 4 rings (SSSR count). The molecule has 0 radical (unpaired) electrons. The van der Waals surface area contributed by atoms with Gasteiger partial charge in [-0.05, 0) is 50.1 Å². The minimum absolute atomic E-state index is 0.0369. The number of anilines is 1. The molecule has 3 aromatic carbocycles. The molecule has 0 fully saturated rings. The summed E-state index contributed by atoms with van der Waals surface area (Å²) in [6.07, 6.45) is 0.734. The van der Waals surface area contributed by atoms with E-state index in [2.05, 4.69) is 5.32 Å². The summed E-state index contributed by atoms with van der Waals surface area (Å²) in [4.78, 5) is 28.6. The van der Waals surface area contributed by atoms with Gasteiger partial charge in [0.05, 0.1) is 10.6 Å². The van der Waals surface area contributed by atoms with Crippen LogP contribution in [0, 0.1) is 0 Å². The van der Waals surface area contributed by atoms with Gasteiger partial charge in [-0.3, -0.25) is 13.9 Å². The number of sulfonamides is 1. The third kappa shape index (κ3) is 6.74. The molecule has 10 heteroatoms.